The van der Waals surface area contributed by atoms with Gasteiger partial charge in [-0.25, -0.2) is 0 Å². The van der Waals surface area contributed by atoms with Crippen LogP contribution in [0.1, 0.15) is 29.5 Å². The number of nitrogens with zero attached hydrogens (tertiary/aromatic N) is 1. The highest BCUT2D eigenvalue weighted by Crippen LogP contribution is 2.49. The number of halogens is 6. The van der Waals surface area contributed by atoms with Gasteiger partial charge in [0.2, 0.25) is 5.91 Å². The number of para-hydroxylation sites is 1. The number of carboxylic acid groups (broad SMARTS) is 1. The number of amides is 1. The second kappa shape index (κ2) is 12.6. The van der Waals surface area contributed by atoms with Crippen LogP contribution < -0.4 is 4.74 Å². The van der Waals surface area contributed by atoms with Crippen molar-refractivity contribution >= 4 is 29.7 Å². The van der Waals surface area contributed by atoms with Crippen LogP contribution in [0.4, 0.5) is 26.3 Å². The zero-order valence-corrected chi connectivity index (χ0v) is 20.6. The number of morpholine rings is 1. The van der Waals surface area contributed by atoms with E-state index in [0.29, 0.717) is 11.8 Å². The van der Waals surface area contributed by atoms with Crippen molar-refractivity contribution in [2.45, 2.75) is 35.0 Å². The predicted octanol–water partition coefficient (Wildman–Crippen LogP) is 5.99. The molecule has 1 fully saturated rings. The lowest BCUT2D eigenvalue weighted by molar-refractivity contribution is -0.163. The molecule has 206 valence electrons. The van der Waals surface area contributed by atoms with Crippen LogP contribution in [0.3, 0.4) is 0 Å². The Bertz CT molecular complexity index is 1180. The minimum Gasteiger partial charge on any atom is -0.492 e. The Hall–Kier alpha value is -3.19. The summed E-state index contributed by atoms with van der Waals surface area (Å²) in [6, 6.07) is 7.64. The van der Waals surface area contributed by atoms with Crippen molar-refractivity contribution in [2.24, 2.45) is 0 Å². The van der Waals surface area contributed by atoms with Crippen LogP contribution in [0.25, 0.3) is 6.08 Å². The lowest BCUT2D eigenvalue weighted by Crippen LogP contribution is -2.39. The van der Waals surface area contributed by atoms with Gasteiger partial charge in [-0.15, -0.1) is 0 Å². The van der Waals surface area contributed by atoms with Gasteiger partial charge in [-0.1, -0.05) is 30.0 Å². The number of hydrogen-bond acceptors (Lipinski definition) is 5. The van der Waals surface area contributed by atoms with Gasteiger partial charge < -0.3 is 19.5 Å². The summed E-state index contributed by atoms with van der Waals surface area (Å²) in [6.45, 7) is 0.891. The second-order valence-corrected chi connectivity index (χ2v) is 9.15. The second-order valence-electron chi connectivity index (χ2n) is 8.06. The lowest BCUT2D eigenvalue weighted by atomic mass is 9.99. The molecule has 1 saturated heterocycles. The number of carbonyl (C=O) groups excluding carboxylic acids is 1. The van der Waals surface area contributed by atoms with Gasteiger partial charge in [0.1, 0.15) is 5.75 Å². The Morgan fingerprint density at radius 3 is 2.26 bits per heavy atom. The average molecular weight is 564 g/mol. The molecule has 13 heteroatoms. The van der Waals surface area contributed by atoms with Gasteiger partial charge in [0.05, 0.1) is 35.8 Å². The van der Waals surface area contributed by atoms with E-state index in [4.69, 9.17) is 14.6 Å². The summed E-state index contributed by atoms with van der Waals surface area (Å²) in [5.74, 6) is -1.58. The van der Waals surface area contributed by atoms with E-state index in [2.05, 4.69) is 0 Å². The van der Waals surface area contributed by atoms with Crippen molar-refractivity contribution in [3.63, 3.8) is 0 Å². The first kappa shape index (κ1) is 29.4. The third-order valence-electron chi connectivity index (χ3n) is 5.36. The van der Waals surface area contributed by atoms with Crippen molar-refractivity contribution in [1.29, 1.82) is 0 Å². The quantitative estimate of drug-likeness (QED) is 0.230. The van der Waals surface area contributed by atoms with Crippen LogP contribution in [0.2, 0.25) is 0 Å². The average Bonchev–Trinajstić information content (AvgIpc) is 2.85. The lowest BCUT2D eigenvalue weighted by Gasteiger charge is -2.25. The van der Waals surface area contributed by atoms with E-state index in [1.165, 1.54) is 29.2 Å². The van der Waals surface area contributed by atoms with E-state index in [9.17, 15) is 35.9 Å². The van der Waals surface area contributed by atoms with Crippen LogP contribution in [0.15, 0.2) is 52.3 Å². The number of carbonyl (C=O) groups is 2. The zero-order valence-electron chi connectivity index (χ0n) is 19.8. The van der Waals surface area contributed by atoms with Crippen LogP contribution in [-0.4, -0.2) is 54.8 Å². The number of rotatable bonds is 9. The van der Waals surface area contributed by atoms with Gasteiger partial charge in [0.25, 0.3) is 0 Å². The molecule has 0 spiro atoms. The van der Waals surface area contributed by atoms with Crippen molar-refractivity contribution < 1.29 is 50.5 Å². The molecule has 0 saturated carbocycles. The largest absolute Gasteiger partial charge is 0.492 e. The molecular formula is C25H23F6NO5S. The maximum Gasteiger partial charge on any atom is 0.418 e. The highest BCUT2D eigenvalue weighted by Gasteiger charge is 2.46. The molecule has 3 rings (SSSR count). The fraction of sp³-hybridized carbons (Fsp3) is 0.360. The van der Waals surface area contributed by atoms with Crippen molar-refractivity contribution in [3.05, 3.63) is 59.2 Å². The fourth-order valence-electron chi connectivity index (χ4n) is 3.64. The van der Waals surface area contributed by atoms with Gasteiger partial charge in [-0.2, -0.15) is 26.3 Å². The van der Waals surface area contributed by atoms with Gasteiger partial charge in [-0.3, -0.25) is 9.59 Å². The summed E-state index contributed by atoms with van der Waals surface area (Å²) in [6.07, 6.45) is -9.25. The molecule has 2 aromatic carbocycles. The smallest absolute Gasteiger partial charge is 0.418 e. The molecule has 2 aromatic rings. The van der Waals surface area contributed by atoms with Crippen LogP contribution in [0.5, 0.6) is 5.75 Å². The molecule has 38 heavy (non-hydrogen) atoms. The van der Waals surface area contributed by atoms with Gasteiger partial charge in [0, 0.05) is 30.5 Å². The topological polar surface area (TPSA) is 76.1 Å². The van der Waals surface area contributed by atoms with E-state index < -0.39 is 45.8 Å². The molecule has 0 aliphatic carbocycles. The summed E-state index contributed by atoms with van der Waals surface area (Å²) in [5.41, 5.74) is -4.58. The molecule has 0 bridgehead atoms. The number of benzene rings is 2. The number of ether oxygens (including phenoxy) is 2. The van der Waals surface area contributed by atoms with Crippen LogP contribution in [0, 0.1) is 0 Å². The number of aliphatic carboxylic acids is 1. The van der Waals surface area contributed by atoms with Crippen molar-refractivity contribution in [1.82, 2.24) is 4.90 Å². The van der Waals surface area contributed by atoms with E-state index in [-0.39, 0.29) is 56.4 Å². The molecule has 0 radical (unpaired) electrons. The molecule has 1 heterocycles. The summed E-state index contributed by atoms with van der Waals surface area (Å²) in [5, 5.41) is 8.73. The highest BCUT2D eigenvalue weighted by molar-refractivity contribution is 7.99. The van der Waals surface area contributed by atoms with Gasteiger partial charge >= 0.3 is 18.3 Å². The van der Waals surface area contributed by atoms with E-state index in [1.807, 2.05) is 0 Å². The van der Waals surface area contributed by atoms with Crippen molar-refractivity contribution in [2.75, 3.05) is 32.9 Å². The van der Waals surface area contributed by atoms with Gasteiger partial charge in [0.15, 0.2) is 0 Å². The third-order valence-corrected chi connectivity index (χ3v) is 6.47. The first-order chi connectivity index (χ1) is 17.9. The Morgan fingerprint density at radius 2 is 1.63 bits per heavy atom. The highest BCUT2D eigenvalue weighted by atomic mass is 32.2. The molecule has 1 amide bonds. The standard InChI is InChI=1S/C25H23F6NO5S/c26-24(27,28)22-16(8-10-20(33)32-11-14-36-15-12-32)7-9-19(23(22)25(29,30)31)38-18-5-2-1-4-17(18)37-13-3-6-21(34)35/h1-2,4-5,7-10H,3,6,11-15H2,(H,34,35). The molecule has 1 aliphatic rings. The first-order valence-corrected chi connectivity index (χ1v) is 12.2. The maximum absolute atomic E-state index is 14.1. The summed E-state index contributed by atoms with van der Waals surface area (Å²) >= 11 is 0.444. The van der Waals surface area contributed by atoms with E-state index >= 15 is 0 Å². The van der Waals surface area contributed by atoms with Crippen molar-refractivity contribution in [3.8, 4) is 5.75 Å². The van der Waals surface area contributed by atoms with Crippen LogP contribution >= 0.6 is 11.8 Å². The normalized spacial score (nSPS) is 14.6. The molecule has 1 aliphatic heterocycles. The van der Waals surface area contributed by atoms with Gasteiger partial charge in [-0.05, 0) is 36.3 Å². The number of hydrogen-bond donors (Lipinski definition) is 1. The number of alkyl halides is 6. The first-order valence-electron chi connectivity index (χ1n) is 11.4. The minimum atomic E-state index is -5.38. The summed E-state index contributed by atoms with van der Waals surface area (Å²) in [7, 11) is 0. The molecule has 0 atom stereocenters. The Labute approximate surface area is 218 Å². The zero-order chi connectivity index (χ0) is 27.9. The number of carboxylic acids is 1. The summed E-state index contributed by atoms with van der Waals surface area (Å²) < 4.78 is 95.1. The Balaban J connectivity index is 1.98. The third kappa shape index (κ3) is 7.90. The predicted molar refractivity (Wildman–Crippen MR) is 126 cm³/mol. The Kier molecular flexibility index (Phi) is 9.71. The summed E-state index contributed by atoms with van der Waals surface area (Å²) in [4.78, 5) is 23.7. The molecule has 1 N–H and O–H groups in total. The minimum absolute atomic E-state index is 0.0509. The molecule has 0 aromatic heterocycles. The maximum atomic E-state index is 14.1. The van der Waals surface area contributed by atoms with E-state index in [1.54, 1.807) is 0 Å². The molecule has 6 nitrogen and oxygen atoms in total. The van der Waals surface area contributed by atoms with Crippen LogP contribution in [-0.2, 0) is 26.7 Å². The fourth-order valence-corrected chi connectivity index (χ4v) is 4.71. The molecule has 0 unspecified atom stereocenters. The van der Waals surface area contributed by atoms with E-state index in [0.717, 1.165) is 24.3 Å². The SMILES string of the molecule is O=C(O)CCCOc1ccccc1Sc1ccc(C=CC(=O)N2CCOCC2)c(C(F)(F)F)c1C(F)(F)F. The monoisotopic (exact) mass is 563 g/mol. The molecular weight excluding hydrogens is 540 g/mol. The Morgan fingerprint density at radius 1 is 0.974 bits per heavy atom.